The van der Waals surface area contributed by atoms with E-state index in [9.17, 15) is 5.11 Å². The van der Waals surface area contributed by atoms with E-state index in [0.717, 1.165) is 29.7 Å². The van der Waals surface area contributed by atoms with Crippen LogP contribution in [-0.2, 0) is 13.5 Å². The maximum absolute atomic E-state index is 9.80. The van der Waals surface area contributed by atoms with E-state index in [1.165, 1.54) is 0 Å². The third kappa shape index (κ3) is 2.09. The lowest BCUT2D eigenvalue weighted by Gasteiger charge is -2.08. The molecule has 0 fully saturated rings. The highest BCUT2D eigenvalue weighted by Crippen LogP contribution is 2.16. The van der Waals surface area contributed by atoms with Gasteiger partial charge in [0, 0.05) is 13.5 Å². The molecule has 3 heteroatoms. The molecule has 0 amide bonds. The van der Waals surface area contributed by atoms with Gasteiger partial charge in [0.2, 0.25) is 0 Å². The van der Waals surface area contributed by atoms with Crippen LogP contribution in [0.4, 0.5) is 0 Å². The molecular formula is C13H18N2O. The third-order valence-corrected chi connectivity index (χ3v) is 2.92. The normalized spacial score (nSPS) is 13.2. The fraction of sp³-hybridized carbons (Fsp3) is 0.462. The van der Waals surface area contributed by atoms with Crippen molar-refractivity contribution in [2.24, 2.45) is 7.05 Å². The molecule has 16 heavy (non-hydrogen) atoms. The van der Waals surface area contributed by atoms with Crippen LogP contribution in [-0.4, -0.2) is 20.8 Å². The molecule has 0 aliphatic heterocycles. The van der Waals surface area contributed by atoms with Crippen molar-refractivity contribution in [1.82, 2.24) is 9.55 Å². The average molecular weight is 218 g/mol. The van der Waals surface area contributed by atoms with Gasteiger partial charge >= 0.3 is 0 Å². The molecular weight excluding hydrogens is 200 g/mol. The van der Waals surface area contributed by atoms with Crippen molar-refractivity contribution in [3.8, 4) is 0 Å². The predicted octanol–water partition coefficient (Wildman–Crippen LogP) is 2.28. The summed E-state index contributed by atoms with van der Waals surface area (Å²) in [6.45, 7) is 2.08. The molecule has 0 radical (unpaired) electrons. The van der Waals surface area contributed by atoms with E-state index < -0.39 is 0 Å². The second kappa shape index (κ2) is 4.66. The SMILES string of the molecule is CCC[C@H](O)Cc1nc2ccccc2n1C. The zero-order chi connectivity index (χ0) is 11.5. The van der Waals surface area contributed by atoms with E-state index in [1.54, 1.807) is 0 Å². The van der Waals surface area contributed by atoms with Crippen molar-refractivity contribution >= 4 is 11.0 Å². The zero-order valence-corrected chi connectivity index (χ0v) is 9.85. The van der Waals surface area contributed by atoms with Crippen molar-refractivity contribution < 1.29 is 5.11 Å². The van der Waals surface area contributed by atoms with E-state index >= 15 is 0 Å². The zero-order valence-electron chi connectivity index (χ0n) is 9.85. The van der Waals surface area contributed by atoms with Crippen molar-refractivity contribution in [1.29, 1.82) is 0 Å². The summed E-state index contributed by atoms with van der Waals surface area (Å²) in [7, 11) is 2.00. The van der Waals surface area contributed by atoms with Crippen LogP contribution in [0.3, 0.4) is 0 Å². The lowest BCUT2D eigenvalue weighted by molar-refractivity contribution is 0.161. The molecule has 0 saturated heterocycles. The highest BCUT2D eigenvalue weighted by atomic mass is 16.3. The maximum atomic E-state index is 9.80. The fourth-order valence-electron chi connectivity index (χ4n) is 2.02. The summed E-state index contributed by atoms with van der Waals surface area (Å²) in [6, 6.07) is 8.06. The Morgan fingerprint density at radius 2 is 2.12 bits per heavy atom. The molecule has 86 valence electrons. The Balaban J connectivity index is 2.27. The molecule has 1 N–H and O–H groups in total. The van der Waals surface area contributed by atoms with Gasteiger partial charge in [-0.05, 0) is 18.6 Å². The Bertz CT molecular complexity index is 476. The number of fused-ring (bicyclic) bond motifs is 1. The predicted molar refractivity (Wildman–Crippen MR) is 65.3 cm³/mol. The van der Waals surface area contributed by atoms with Crippen molar-refractivity contribution in [3.63, 3.8) is 0 Å². The molecule has 0 saturated carbocycles. The van der Waals surface area contributed by atoms with Crippen molar-refractivity contribution in [2.75, 3.05) is 0 Å². The van der Waals surface area contributed by atoms with Gasteiger partial charge in [-0.25, -0.2) is 4.98 Å². The molecule has 0 aliphatic rings. The highest BCUT2D eigenvalue weighted by molar-refractivity contribution is 5.75. The number of benzene rings is 1. The smallest absolute Gasteiger partial charge is 0.112 e. The molecule has 0 unspecified atom stereocenters. The van der Waals surface area contributed by atoms with Gasteiger partial charge in [-0.2, -0.15) is 0 Å². The minimum atomic E-state index is -0.277. The summed E-state index contributed by atoms with van der Waals surface area (Å²) in [6.07, 6.45) is 2.20. The van der Waals surface area contributed by atoms with Crippen molar-refractivity contribution in [3.05, 3.63) is 30.1 Å². The van der Waals surface area contributed by atoms with E-state index in [0.29, 0.717) is 6.42 Å². The van der Waals surface area contributed by atoms with Crippen LogP contribution in [0.5, 0.6) is 0 Å². The third-order valence-electron chi connectivity index (χ3n) is 2.92. The van der Waals surface area contributed by atoms with Gasteiger partial charge < -0.3 is 9.67 Å². The van der Waals surface area contributed by atoms with Crippen LogP contribution < -0.4 is 0 Å². The number of imidazole rings is 1. The lowest BCUT2D eigenvalue weighted by atomic mass is 10.1. The summed E-state index contributed by atoms with van der Waals surface area (Å²) < 4.78 is 2.06. The van der Waals surface area contributed by atoms with Gasteiger partial charge in [0.25, 0.3) is 0 Å². The molecule has 0 aliphatic carbocycles. The van der Waals surface area contributed by atoms with E-state index in [-0.39, 0.29) is 6.10 Å². The maximum Gasteiger partial charge on any atom is 0.112 e. The van der Waals surface area contributed by atoms with E-state index in [1.807, 2.05) is 25.2 Å². The molecule has 2 aromatic rings. The summed E-state index contributed by atoms with van der Waals surface area (Å²) in [5.41, 5.74) is 2.13. The first kappa shape index (κ1) is 11.1. The molecule has 2 rings (SSSR count). The first-order valence-electron chi connectivity index (χ1n) is 5.80. The summed E-state index contributed by atoms with van der Waals surface area (Å²) in [5, 5.41) is 9.80. The van der Waals surface area contributed by atoms with Gasteiger partial charge in [0.1, 0.15) is 5.82 Å². The highest BCUT2D eigenvalue weighted by Gasteiger charge is 2.11. The Labute approximate surface area is 95.7 Å². The standard InChI is InChI=1S/C13H18N2O/c1-3-6-10(16)9-13-14-11-7-4-5-8-12(11)15(13)2/h4-5,7-8,10,16H,3,6,9H2,1-2H3/t10-/m0/s1. The average Bonchev–Trinajstić information content (AvgIpc) is 2.57. The Hall–Kier alpha value is -1.35. The number of aryl methyl sites for hydroxylation is 1. The fourth-order valence-corrected chi connectivity index (χ4v) is 2.02. The Kier molecular flexibility index (Phi) is 3.25. The molecule has 1 aromatic heterocycles. The van der Waals surface area contributed by atoms with Crippen LogP contribution in [0.25, 0.3) is 11.0 Å². The number of para-hydroxylation sites is 2. The minimum absolute atomic E-state index is 0.277. The topological polar surface area (TPSA) is 38.1 Å². The Morgan fingerprint density at radius 3 is 2.81 bits per heavy atom. The van der Waals surface area contributed by atoms with Crippen LogP contribution in [0.15, 0.2) is 24.3 Å². The van der Waals surface area contributed by atoms with Gasteiger partial charge in [0.15, 0.2) is 0 Å². The molecule has 1 aromatic carbocycles. The number of aliphatic hydroxyl groups excluding tert-OH is 1. The van der Waals surface area contributed by atoms with Crippen LogP contribution in [0.1, 0.15) is 25.6 Å². The largest absolute Gasteiger partial charge is 0.393 e. The van der Waals surface area contributed by atoms with Crippen LogP contribution >= 0.6 is 0 Å². The van der Waals surface area contributed by atoms with Gasteiger partial charge in [-0.3, -0.25) is 0 Å². The van der Waals surface area contributed by atoms with Gasteiger partial charge in [-0.15, -0.1) is 0 Å². The van der Waals surface area contributed by atoms with Crippen LogP contribution in [0.2, 0.25) is 0 Å². The number of hydrogen-bond acceptors (Lipinski definition) is 2. The van der Waals surface area contributed by atoms with Crippen LogP contribution in [0, 0.1) is 0 Å². The van der Waals surface area contributed by atoms with E-state index in [4.69, 9.17) is 0 Å². The number of hydrogen-bond donors (Lipinski definition) is 1. The molecule has 0 spiro atoms. The second-order valence-corrected chi connectivity index (χ2v) is 4.22. The summed E-state index contributed by atoms with van der Waals surface area (Å²) in [5.74, 6) is 0.960. The quantitative estimate of drug-likeness (QED) is 0.855. The van der Waals surface area contributed by atoms with Gasteiger partial charge in [-0.1, -0.05) is 25.5 Å². The lowest BCUT2D eigenvalue weighted by Crippen LogP contribution is -2.13. The minimum Gasteiger partial charge on any atom is -0.393 e. The number of rotatable bonds is 4. The number of aliphatic hydroxyl groups is 1. The molecule has 1 atom stereocenters. The Morgan fingerprint density at radius 1 is 1.38 bits per heavy atom. The number of nitrogens with zero attached hydrogens (tertiary/aromatic N) is 2. The monoisotopic (exact) mass is 218 g/mol. The molecule has 3 nitrogen and oxygen atoms in total. The first-order valence-corrected chi connectivity index (χ1v) is 5.80. The number of aromatic nitrogens is 2. The first-order chi connectivity index (χ1) is 7.72. The molecule has 1 heterocycles. The summed E-state index contributed by atoms with van der Waals surface area (Å²) >= 11 is 0. The van der Waals surface area contributed by atoms with Crippen molar-refractivity contribution in [2.45, 2.75) is 32.3 Å². The van der Waals surface area contributed by atoms with E-state index in [2.05, 4.69) is 22.5 Å². The molecule has 0 bridgehead atoms. The second-order valence-electron chi connectivity index (χ2n) is 4.22. The summed E-state index contributed by atoms with van der Waals surface area (Å²) in [4.78, 5) is 4.54. The van der Waals surface area contributed by atoms with Gasteiger partial charge in [0.05, 0.1) is 17.1 Å².